The van der Waals surface area contributed by atoms with Crippen LogP contribution >= 0.6 is 11.5 Å². The molecule has 18 heavy (non-hydrogen) atoms. The summed E-state index contributed by atoms with van der Waals surface area (Å²) in [6, 6.07) is 5.06. The standard InChI is InChI=1S/C10H9F3N4S/c1-5-3-2-4-6(14)7(5)15-9-8(10(11,12)13)18-17-16-9/h2-4,15H,14H2,1H3. The molecule has 1 aromatic carbocycles. The van der Waals surface area contributed by atoms with Crippen LogP contribution in [0.2, 0.25) is 0 Å². The van der Waals surface area contributed by atoms with E-state index >= 15 is 0 Å². The number of aromatic nitrogens is 2. The van der Waals surface area contributed by atoms with E-state index in [2.05, 4.69) is 14.9 Å². The number of anilines is 3. The van der Waals surface area contributed by atoms with E-state index in [9.17, 15) is 13.2 Å². The minimum absolute atomic E-state index is 0.298. The summed E-state index contributed by atoms with van der Waals surface area (Å²) in [5, 5.41) is 6.03. The molecule has 8 heteroatoms. The van der Waals surface area contributed by atoms with E-state index in [1.807, 2.05) is 0 Å². The molecule has 0 fully saturated rings. The highest BCUT2D eigenvalue weighted by Gasteiger charge is 2.37. The van der Waals surface area contributed by atoms with Gasteiger partial charge in [-0.25, -0.2) is 0 Å². The summed E-state index contributed by atoms with van der Waals surface area (Å²) < 4.78 is 41.2. The van der Waals surface area contributed by atoms with Crippen LogP contribution < -0.4 is 11.1 Å². The van der Waals surface area contributed by atoms with Gasteiger partial charge in [-0.2, -0.15) is 13.2 Å². The normalized spacial score (nSPS) is 11.6. The highest BCUT2D eigenvalue weighted by Crippen LogP contribution is 2.38. The molecule has 3 N–H and O–H groups in total. The van der Waals surface area contributed by atoms with Gasteiger partial charge in [0, 0.05) is 0 Å². The minimum atomic E-state index is -4.48. The van der Waals surface area contributed by atoms with Crippen molar-refractivity contribution in [1.82, 2.24) is 9.59 Å². The predicted octanol–water partition coefficient (Wildman–Crippen LogP) is 3.19. The van der Waals surface area contributed by atoms with E-state index in [1.165, 1.54) is 0 Å². The van der Waals surface area contributed by atoms with Gasteiger partial charge < -0.3 is 11.1 Å². The Hall–Kier alpha value is -1.83. The zero-order valence-corrected chi connectivity index (χ0v) is 10.1. The summed E-state index contributed by atoms with van der Waals surface area (Å²) in [4.78, 5) is -0.870. The highest BCUT2D eigenvalue weighted by atomic mass is 32.1. The van der Waals surface area contributed by atoms with E-state index in [-0.39, 0.29) is 5.82 Å². The fourth-order valence-electron chi connectivity index (χ4n) is 1.44. The Kier molecular flexibility index (Phi) is 3.12. The third kappa shape index (κ3) is 2.37. The molecule has 96 valence electrons. The maximum Gasteiger partial charge on any atom is 0.430 e. The van der Waals surface area contributed by atoms with Crippen LogP contribution in [0, 0.1) is 6.92 Å². The number of nitrogen functional groups attached to an aromatic ring is 1. The summed E-state index contributed by atoms with van der Waals surface area (Å²) in [6.07, 6.45) is -4.48. The van der Waals surface area contributed by atoms with Gasteiger partial charge in [-0.15, -0.1) is 5.10 Å². The SMILES string of the molecule is Cc1cccc(N)c1Nc1nnsc1C(F)(F)F. The summed E-state index contributed by atoms with van der Waals surface area (Å²) >= 11 is 0.298. The van der Waals surface area contributed by atoms with Crippen LogP contribution in [0.3, 0.4) is 0 Å². The molecule has 2 aromatic rings. The lowest BCUT2D eigenvalue weighted by Gasteiger charge is -2.11. The summed E-state index contributed by atoms with van der Waals surface area (Å²) in [5.74, 6) is -0.325. The number of nitrogens with zero attached hydrogens (tertiary/aromatic N) is 2. The third-order valence-corrected chi connectivity index (χ3v) is 3.06. The van der Waals surface area contributed by atoms with Crippen molar-refractivity contribution in [3.05, 3.63) is 28.6 Å². The van der Waals surface area contributed by atoms with E-state index in [0.29, 0.717) is 22.9 Å². The number of benzene rings is 1. The van der Waals surface area contributed by atoms with Gasteiger partial charge >= 0.3 is 6.18 Å². The fourth-order valence-corrected chi connectivity index (χ4v) is 1.92. The van der Waals surface area contributed by atoms with Crippen LogP contribution in [0.1, 0.15) is 10.4 Å². The van der Waals surface area contributed by atoms with Crippen LogP contribution in [0.25, 0.3) is 0 Å². The van der Waals surface area contributed by atoms with Gasteiger partial charge in [-0.1, -0.05) is 16.6 Å². The first kappa shape index (κ1) is 12.6. The molecule has 0 amide bonds. The molecule has 0 unspecified atom stereocenters. The number of alkyl halides is 3. The predicted molar refractivity (Wildman–Crippen MR) is 63.8 cm³/mol. The maximum atomic E-state index is 12.6. The number of para-hydroxylation sites is 1. The van der Waals surface area contributed by atoms with Gasteiger partial charge in [0.1, 0.15) is 0 Å². The Morgan fingerprint density at radius 2 is 2.06 bits per heavy atom. The molecule has 0 saturated heterocycles. The number of nitrogens with one attached hydrogen (secondary N) is 1. The lowest BCUT2D eigenvalue weighted by molar-refractivity contribution is -0.133. The molecule has 0 bridgehead atoms. The summed E-state index contributed by atoms with van der Waals surface area (Å²) in [7, 11) is 0. The molecule has 1 aromatic heterocycles. The van der Waals surface area contributed by atoms with E-state index in [1.54, 1.807) is 25.1 Å². The number of rotatable bonds is 2. The van der Waals surface area contributed by atoms with Crippen molar-refractivity contribution in [2.75, 3.05) is 11.1 Å². The Morgan fingerprint density at radius 1 is 1.33 bits per heavy atom. The van der Waals surface area contributed by atoms with Crippen molar-refractivity contribution >= 4 is 28.7 Å². The molecule has 4 nitrogen and oxygen atoms in total. The van der Waals surface area contributed by atoms with Crippen LogP contribution in [0.15, 0.2) is 18.2 Å². The smallest absolute Gasteiger partial charge is 0.397 e. The molecule has 0 saturated carbocycles. The number of hydrogen-bond acceptors (Lipinski definition) is 5. The lowest BCUT2D eigenvalue weighted by Crippen LogP contribution is -2.07. The van der Waals surface area contributed by atoms with E-state index in [0.717, 1.165) is 5.56 Å². The van der Waals surface area contributed by atoms with Crippen LogP contribution in [-0.4, -0.2) is 9.59 Å². The molecule has 0 atom stereocenters. The molecular formula is C10H9F3N4S. The average Bonchev–Trinajstić information content (AvgIpc) is 2.71. The van der Waals surface area contributed by atoms with Gasteiger partial charge in [-0.05, 0) is 30.1 Å². The Morgan fingerprint density at radius 3 is 2.67 bits per heavy atom. The molecule has 0 aliphatic heterocycles. The molecule has 0 aliphatic carbocycles. The Balaban J connectivity index is 2.39. The molecule has 0 aliphatic rings. The van der Waals surface area contributed by atoms with Crippen molar-refractivity contribution in [2.45, 2.75) is 13.1 Å². The van der Waals surface area contributed by atoms with Crippen molar-refractivity contribution < 1.29 is 13.2 Å². The molecule has 0 radical (unpaired) electrons. The molecular weight excluding hydrogens is 265 g/mol. The Bertz CT molecular complexity index is 544. The number of aryl methyl sites for hydroxylation is 1. The summed E-state index contributed by atoms with van der Waals surface area (Å²) in [5.41, 5.74) is 7.21. The minimum Gasteiger partial charge on any atom is -0.397 e. The zero-order valence-electron chi connectivity index (χ0n) is 9.25. The lowest BCUT2D eigenvalue weighted by atomic mass is 10.1. The molecule has 2 rings (SSSR count). The topological polar surface area (TPSA) is 63.8 Å². The van der Waals surface area contributed by atoms with Crippen molar-refractivity contribution in [1.29, 1.82) is 0 Å². The second-order valence-corrected chi connectivity index (χ2v) is 4.37. The average molecular weight is 274 g/mol. The van der Waals surface area contributed by atoms with Gasteiger partial charge in [0.25, 0.3) is 0 Å². The van der Waals surface area contributed by atoms with E-state index in [4.69, 9.17) is 5.73 Å². The second kappa shape index (κ2) is 4.45. The van der Waals surface area contributed by atoms with Crippen molar-refractivity contribution in [3.8, 4) is 0 Å². The van der Waals surface area contributed by atoms with Crippen molar-refractivity contribution in [2.24, 2.45) is 0 Å². The zero-order chi connectivity index (χ0) is 13.3. The first-order valence-corrected chi connectivity index (χ1v) is 5.68. The van der Waals surface area contributed by atoms with Crippen molar-refractivity contribution in [3.63, 3.8) is 0 Å². The number of halogens is 3. The second-order valence-electron chi connectivity index (χ2n) is 3.61. The number of nitrogens with two attached hydrogens (primary N) is 1. The van der Waals surface area contributed by atoms with E-state index < -0.39 is 11.1 Å². The third-order valence-electron chi connectivity index (χ3n) is 2.29. The van der Waals surface area contributed by atoms with Gasteiger partial charge in [0.2, 0.25) is 0 Å². The largest absolute Gasteiger partial charge is 0.430 e. The maximum absolute atomic E-state index is 12.6. The molecule has 1 heterocycles. The molecule has 0 spiro atoms. The Labute approximate surface area is 105 Å². The van der Waals surface area contributed by atoms with Crippen LogP contribution in [-0.2, 0) is 6.18 Å². The summed E-state index contributed by atoms with van der Waals surface area (Å²) in [6.45, 7) is 1.74. The monoisotopic (exact) mass is 274 g/mol. The highest BCUT2D eigenvalue weighted by molar-refractivity contribution is 7.06. The first-order chi connectivity index (χ1) is 8.39. The van der Waals surface area contributed by atoms with Crippen LogP contribution in [0.5, 0.6) is 0 Å². The number of hydrogen-bond donors (Lipinski definition) is 2. The van der Waals surface area contributed by atoms with Crippen LogP contribution in [0.4, 0.5) is 30.4 Å². The quantitative estimate of drug-likeness (QED) is 0.825. The van der Waals surface area contributed by atoms with Gasteiger partial charge in [-0.3, -0.25) is 0 Å². The van der Waals surface area contributed by atoms with Gasteiger partial charge in [0.05, 0.1) is 11.4 Å². The fraction of sp³-hybridized carbons (Fsp3) is 0.200. The van der Waals surface area contributed by atoms with Gasteiger partial charge in [0.15, 0.2) is 10.7 Å². The first-order valence-electron chi connectivity index (χ1n) is 4.91.